The molecule has 0 saturated carbocycles. The van der Waals surface area contributed by atoms with E-state index in [0.29, 0.717) is 17.3 Å². The van der Waals surface area contributed by atoms with E-state index in [9.17, 15) is 9.59 Å². The first-order valence-electron chi connectivity index (χ1n) is 8.27. The van der Waals surface area contributed by atoms with Gasteiger partial charge in [-0.25, -0.2) is 0 Å². The van der Waals surface area contributed by atoms with Crippen LogP contribution in [0.25, 0.3) is 0 Å². The minimum Gasteiger partial charge on any atom is -0.426 e. The Labute approximate surface area is 152 Å². The molecule has 1 atom stereocenters. The number of ether oxygens (including phenoxy) is 1. The first-order valence-corrected chi connectivity index (χ1v) is 8.65. The van der Waals surface area contributed by atoms with Crippen LogP contribution in [0, 0.1) is 6.92 Å². The van der Waals surface area contributed by atoms with E-state index in [0.717, 1.165) is 17.5 Å². The number of rotatable bonds is 3. The number of fused-ring (bicyclic) bond motifs is 1. The van der Waals surface area contributed by atoms with Gasteiger partial charge in [0.2, 0.25) is 5.91 Å². The third-order valence-electron chi connectivity index (χ3n) is 4.54. The van der Waals surface area contributed by atoms with Crippen molar-refractivity contribution in [1.29, 1.82) is 0 Å². The van der Waals surface area contributed by atoms with Crippen LogP contribution < -0.4 is 4.74 Å². The highest BCUT2D eigenvalue weighted by atomic mass is 35.5. The average molecular weight is 358 g/mol. The minimum atomic E-state index is -0.363. The van der Waals surface area contributed by atoms with Gasteiger partial charge in [-0.15, -0.1) is 0 Å². The number of halogens is 1. The van der Waals surface area contributed by atoms with Gasteiger partial charge < -0.3 is 9.64 Å². The van der Waals surface area contributed by atoms with Crippen molar-refractivity contribution < 1.29 is 14.3 Å². The summed E-state index contributed by atoms with van der Waals surface area (Å²) in [6, 6.07) is 12.8. The normalized spacial score (nSPS) is 16.3. The molecule has 5 heteroatoms. The maximum absolute atomic E-state index is 12.5. The van der Waals surface area contributed by atoms with Crippen molar-refractivity contribution in [2.75, 3.05) is 6.54 Å². The Hall–Kier alpha value is -2.33. The highest BCUT2D eigenvalue weighted by Crippen LogP contribution is 2.33. The Kier molecular flexibility index (Phi) is 5.09. The second kappa shape index (κ2) is 7.28. The molecule has 0 radical (unpaired) electrons. The maximum atomic E-state index is 12.5. The summed E-state index contributed by atoms with van der Waals surface area (Å²) in [7, 11) is 0. The van der Waals surface area contributed by atoms with Gasteiger partial charge in [-0.2, -0.15) is 0 Å². The summed E-state index contributed by atoms with van der Waals surface area (Å²) in [6.07, 6.45) is 0.927. The van der Waals surface area contributed by atoms with Gasteiger partial charge >= 0.3 is 5.97 Å². The molecule has 0 fully saturated rings. The van der Waals surface area contributed by atoms with Gasteiger partial charge in [0.1, 0.15) is 5.75 Å². The van der Waals surface area contributed by atoms with Crippen LogP contribution in [0.5, 0.6) is 5.75 Å². The second-order valence-electron chi connectivity index (χ2n) is 6.27. The lowest BCUT2D eigenvalue weighted by molar-refractivity contribution is -0.138. The largest absolute Gasteiger partial charge is 0.426 e. The van der Waals surface area contributed by atoms with Crippen LogP contribution in [-0.2, 0) is 16.0 Å². The van der Waals surface area contributed by atoms with Gasteiger partial charge in [-0.05, 0) is 48.2 Å². The van der Waals surface area contributed by atoms with Gasteiger partial charge in [-0.1, -0.05) is 35.9 Å². The molecule has 1 unspecified atom stereocenters. The summed E-state index contributed by atoms with van der Waals surface area (Å²) in [4.78, 5) is 26.3. The van der Waals surface area contributed by atoms with Gasteiger partial charge in [0.25, 0.3) is 0 Å². The average Bonchev–Trinajstić information content (AvgIpc) is 2.57. The summed E-state index contributed by atoms with van der Waals surface area (Å²) in [5.74, 6) is 0.0984. The van der Waals surface area contributed by atoms with Gasteiger partial charge in [0.05, 0.1) is 12.5 Å². The highest BCUT2D eigenvalue weighted by molar-refractivity contribution is 6.30. The molecule has 0 aliphatic carbocycles. The van der Waals surface area contributed by atoms with Gasteiger partial charge in [0, 0.05) is 18.5 Å². The molecule has 3 rings (SSSR count). The molecule has 1 amide bonds. The summed E-state index contributed by atoms with van der Waals surface area (Å²) >= 11 is 5.93. The van der Waals surface area contributed by atoms with E-state index in [1.807, 2.05) is 25.1 Å². The Morgan fingerprint density at radius 2 is 2.00 bits per heavy atom. The van der Waals surface area contributed by atoms with Crippen molar-refractivity contribution in [1.82, 2.24) is 4.90 Å². The number of aryl methyl sites for hydroxylation is 1. The van der Waals surface area contributed by atoms with E-state index < -0.39 is 0 Å². The summed E-state index contributed by atoms with van der Waals surface area (Å²) in [5, 5.41) is 0.598. The number of amides is 1. The molecule has 0 N–H and O–H groups in total. The predicted octanol–water partition coefficient (Wildman–Crippen LogP) is 4.09. The quantitative estimate of drug-likeness (QED) is 0.614. The third-order valence-corrected chi connectivity index (χ3v) is 4.77. The molecule has 1 heterocycles. The number of hydrogen-bond donors (Lipinski definition) is 0. The van der Waals surface area contributed by atoms with Gasteiger partial charge in [0.15, 0.2) is 0 Å². The van der Waals surface area contributed by atoms with Crippen molar-refractivity contribution in [3.05, 3.63) is 64.2 Å². The lowest BCUT2D eigenvalue weighted by atomic mass is 9.90. The summed E-state index contributed by atoms with van der Waals surface area (Å²) in [5.41, 5.74) is 3.00. The minimum absolute atomic E-state index is 0.0324. The van der Waals surface area contributed by atoms with Crippen LogP contribution in [0.1, 0.15) is 36.1 Å². The summed E-state index contributed by atoms with van der Waals surface area (Å²) in [6.45, 7) is 3.99. The Balaban J connectivity index is 1.81. The number of nitrogens with zero attached hydrogens (tertiary/aromatic N) is 1. The predicted molar refractivity (Wildman–Crippen MR) is 96.7 cm³/mol. The zero-order valence-corrected chi connectivity index (χ0v) is 15.0. The van der Waals surface area contributed by atoms with Crippen LogP contribution in [0.15, 0.2) is 42.5 Å². The number of hydrogen-bond acceptors (Lipinski definition) is 3. The fourth-order valence-electron chi connectivity index (χ4n) is 3.30. The molecule has 2 aromatic rings. The van der Waals surface area contributed by atoms with Crippen LogP contribution in [0.2, 0.25) is 5.02 Å². The molecular weight excluding hydrogens is 338 g/mol. The van der Waals surface area contributed by atoms with E-state index in [1.54, 1.807) is 23.1 Å². The maximum Gasteiger partial charge on any atom is 0.313 e. The second-order valence-corrected chi connectivity index (χ2v) is 6.70. The molecule has 0 saturated heterocycles. The fraction of sp³-hybridized carbons (Fsp3) is 0.300. The smallest absolute Gasteiger partial charge is 0.313 e. The standard InChI is InChI=1S/C20H20ClNO3/c1-13-11-16(21)7-8-19(13)25-20(24)12-18-17-6-4-3-5-15(17)9-10-22(18)14(2)23/h3-8,11,18H,9-10,12H2,1-2H3. The molecule has 0 aromatic heterocycles. The van der Waals surface area contributed by atoms with Gasteiger partial charge in [-0.3, -0.25) is 9.59 Å². The molecule has 4 nitrogen and oxygen atoms in total. The zero-order valence-electron chi connectivity index (χ0n) is 14.3. The lowest BCUT2D eigenvalue weighted by Crippen LogP contribution is -2.40. The molecule has 2 aromatic carbocycles. The van der Waals surface area contributed by atoms with E-state index >= 15 is 0 Å². The van der Waals surface area contributed by atoms with Crippen LogP contribution in [-0.4, -0.2) is 23.3 Å². The van der Waals surface area contributed by atoms with Crippen LogP contribution in [0.4, 0.5) is 0 Å². The molecule has 130 valence electrons. The van der Waals surface area contributed by atoms with E-state index in [-0.39, 0.29) is 24.3 Å². The SMILES string of the molecule is CC(=O)N1CCc2ccccc2C1CC(=O)Oc1ccc(Cl)cc1C. The molecular formula is C20H20ClNO3. The highest BCUT2D eigenvalue weighted by Gasteiger charge is 2.31. The van der Waals surface area contributed by atoms with Crippen molar-refractivity contribution in [3.8, 4) is 5.75 Å². The van der Waals surface area contributed by atoms with E-state index in [1.165, 1.54) is 12.5 Å². The first-order chi connectivity index (χ1) is 12.0. The van der Waals surface area contributed by atoms with Crippen molar-refractivity contribution in [2.24, 2.45) is 0 Å². The Bertz CT molecular complexity index is 818. The number of esters is 1. The van der Waals surface area contributed by atoms with E-state index in [2.05, 4.69) is 6.07 Å². The Morgan fingerprint density at radius 3 is 2.72 bits per heavy atom. The van der Waals surface area contributed by atoms with Crippen LogP contribution in [0.3, 0.4) is 0 Å². The van der Waals surface area contributed by atoms with Crippen molar-refractivity contribution in [2.45, 2.75) is 32.7 Å². The topological polar surface area (TPSA) is 46.6 Å². The molecule has 1 aliphatic rings. The summed E-state index contributed by atoms with van der Waals surface area (Å²) < 4.78 is 5.51. The first kappa shape index (κ1) is 17.5. The fourth-order valence-corrected chi connectivity index (χ4v) is 3.52. The molecule has 25 heavy (non-hydrogen) atoms. The lowest BCUT2D eigenvalue weighted by Gasteiger charge is -2.36. The van der Waals surface area contributed by atoms with Crippen molar-refractivity contribution >= 4 is 23.5 Å². The molecule has 0 bridgehead atoms. The number of benzene rings is 2. The molecule has 0 spiro atoms. The zero-order chi connectivity index (χ0) is 18.0. The van der Waals surface area contributed by atoms with E-state index in [4.69, 9.17) is 16.3 Å². The van der Waals surface area contributed by atoms with Crippen LogP contribution >= 0.6 is 11.6 Å². The Morgan fingerprint density at radius 1 is 1.24 bits per heavy atom. The molecule has 1 aliphatic heterocycles. The number of carbonyl (C=O) groups excluding carboxylic acids is 2. The van der Waals surface area contributed by atoms with Crippen molar-refractivity contribution in [3.63, 3.8) is 0 Å². The third kappa shape index (κ3) is 3.85. The number of carbonyl (C=O) groups is 2. The monoisotopic (exact) mass is 357 g/mol.